The Morgan fingerprint density at radius 3 is 2.42 bits per heavy atom. The van der Waals surface area contributed by atoms with E-state index < -0.39 is 0 Å². The summed E-state index contributed by atoms with van der Waals surface area (Å²) in [5, 5.41) is 0.939. The minimum atomic E-state index is -0.0837. The van der Waals surface area contributed by atoms with Crippen LogP contribution in [0.1, 0.15) is 29.9 Å². The lowest BCUT2D eigenvalue weighted by Gasteiger charge is -2.21. The summed E-state index contributed by atoms with van der Waals surface area (Å²) in [6.07, 6.45) is 1.03. The quantitative estimate of drug-likeness (QED) is 0.871. The number of methoxy groups -OCH3 is 1. The Balaban J connectivity index is 3.25. The van der Waals surface area contributed by atoms with Crippen molar-refractivity contribution < 1.29 is 9.53 Å². The Labute approximate surface area is 118 Å². The first-order valence-electron chi connectivity index (χ1n) is 6.40. The van der Waals surface area contributed by atoms with E-state index in [9.17, 15) is 4.79 Å². The molecule has 6 heteroatoms. The molecule has 0 aliphatic rings. The first-order chi connectivity index (χ1) is 8.97. The predicted molar refractivity (Wildman–Crippen MR) is 81.5 cm³/mol. The first kappa shape index (κ1) is 15.6. The third kappa shape index (κ3) is 3.12. The number of rotatable bonds is 6. The van der Waals surface area contributed by atoms with Gasteiger partial charge in [0.2, 0.25) is 0 Å². The molecule has 5 nitrogen and oxygen atoms in total. The van der Waals surface area contributed by atoms with Crippen molar-refractivity contribution in [3.8, 4) is 5.75 Å². The van der Waals surface area contributed by atoms with Gasteiger partial charge in [0.05, 0.1) is 7.11 Å². The van der Waals surface area contributed by atoms with E-state index in [1.54, 1.807) is 21.2 Å². The van der Waals surface area contributed by atoms with E-state index in [0.29, 0.717) is 16.3 Å². The molecular formula is C13H23N3O2S. The van der Waals surface area contributed by atoms with Crippen LogP contribution in [-0.2, 0) is 0 Å². The van der Waals surface area contributed by atoms with Gasteiger partial charge in [0, 0.05) is 27.2 Å². The van der Waals surface area contributed by atoms with Crippen molar-refractivity contribution in [3.05, 3.63) is 4.88 Å². The topological polar surface area (TPSA) is 58.8 Å². The van der Waals surface area contributed by atoms with Gasteiger partial charge in [-0.05, 0) is 13.3 Å². The van der Waals surface area contributed by atoms with Gasteiger partial charge in [0.1, 0.15) is 15.6 Å². The summed E-state index contributed by atoms with van der Waals surface area (Å²) in [5.74, 6) is 0.533. The van der Waals surface area contributed by atoms with Crippen LogP contribution in [0.3, 0.4) is 0 Å². The molecule has 0 unspecified atom stereocenters. The van der Waals surface area contributed by atoms with Crippen LogP contribution in [0.25, 0.3) is 0 Å². The average molecular weight is 285 g/mol. The van der Waals surface area contributed by atoms with Crippen LogP contribution in [0.2, 0.25) is 0 Å². The van der Waals surface area contributed by atoms with E-state index in [1.807, 2.05) is 0 Å². The second kappa shape index (κ2) is 6.65. The number of hydrogen-bond donors (Lipinski definition) is 1. The molecule has 0 saturated heterocycles. The molecule has 0 aliphatic carbocycles. The van der Waals surface area contributed by atoms with E-state index in [2.05, 4.69) is 18.7 Å². The van der Waals surface area contributed by atoms with E-state index in [4.69, 9.17) is 10.5 Å². The zero-order valence-corrected chi connectivity index (χ0v) is 13.1. The second-order valence-corrected chi connectivity index (χ2v) is 5.46. The van der Waals surface area contributed by atoms with Crippen LogP contribution in [-0.4, -0.2) is 45.1 Å². The van der Waals surface area contributed by atoms with Crippen molar-refractivity contribution in [1.29, 1.82) is 0 Å². The summed E-state index contributed by atoms with van der Waals surface area (Å²) < 4.78 is 5.39. The zero-order chi connectivity index (χ0) is 14.6. The van der Waals surface area contributed by atoms with Crippen LogP contribution in [0.15, 0.2) is 0 Å². The van der Waals surface area contributed by atoms with Gasteiger partial charge in [-0.2, -0.15) is 0 Å². The van der Waals surface area contributed by atoms with Crippen molar-refractivity contribution >= 4 is 27.9 Å². The fourth-order valence-electron chi connectivity index (χ4n) is 1.86. The van der Waals surface area contributed by atoms with Crippen LogP contribution < -0.4 is 15.4 Å². The van der Waals surface area contributed by atoms with Crippen molar-refractivity contribution in [2.75, 3.05) is 44.9 Å². The minimum Gasteiger partial charge on any atom is -0.492 e. The maximum Gasteiger partial charge on any atom is 0.265 e. The standard InChI is InChI=1S/C13H23N3O2S/c1-6-8-16(7-2)13-10(18-5)9(14)11(19-13)12(17)15(3)4/h6-8,14H2,1-5H3. The van der Waals surface area contributed by atoms with Gasteiger partial charge in [-0.1, -0.05) is 6.92 Å². The molecule has 0 atom stereocenters. The molecule has 1 amide bonds. The number of carbonyl (C=O) groups is 1. The van der Waals surface area contributed by atoms with Gasteiger partial charge in [-0.25, -0.2) is 0 Å². The number of ether oxygens (including phenoxy) is 1. The molecule has 2 N–H and O–H groups in total. The molecule has 108 valence electrons. The third-order valence-corrected chi connectivity index (χ3v) is 4.08. The number of anilines is 2. The van der Waals surface area contributed by atoms with Gasteiger partial charge in [0.25, 0.3) is 5.91 Å². The molecule has 0 aromatic carbocycles. The molecule has 19 heavy (non-hydrogen) atoms. The SMILES string of the molecule is CCCN(CC)c1sc(C(=O)N(C)C)c(N)c1OC. The van der Waals surface area contributed by atoms with E-state index >= 15 is 0 Å². The number of nitrogens with two attached hydrogens (primary N) is 1. The number of nitrogen functional groups attached to an aromatic ring is 1. The van der Waals surface area contributed by atoms with Crippen molar-refractivity contribution in [1.82, 2.24) is 4.90 Å². The lowest BCUT2D eigenvalue weighted by atomic mass is 10.3. The minimum absolute atomic E-state index is 0.0837. The molecule has 0 spiro atoms. The average Bonchev–Trinajstić information content (AvgIpc) is 2.71. The van der Waals surface area contributed by atoms with Crippen molar-refractivity contribution in [2.24, 2.45) is 0 Å². The van der Waals surface area contributed by atoms with Gasteiger partial charge >= 0.3 is 0 Å². The number of amides is 1. The highest BCUT2D eigenvalue weighted by Crippen LogP contribution is 2.45. The molecule has 0 radical (unpaired) electrons. The summed E-state index contributed by atoms with van der Waals surface area (Å²) in [7, 11) is 5.03. The highest BCUT2D eigenvalue weighted by Gasteiger charge is 2.25. The highest BCUT2D eigenvalue weighted by atomic mass is 32.1. The fourth-order valence-corrected chi connectivity index (χ4v) is 3.16. The molecule has 1 aromatic rings. The summed E-state index contributed by atoms with van der Waals surface area (Å²) in [6, 6.07) is 0. The summed E-state index contributed by atoms with van der Waals surface area (Å²) in [5.41, 5.74) is 6.49. The fraction of sp³-hybridized carbons (Fsp3) is 0.615. The highest BCUT2D eigenvalue weighted by molar-refractivity contribution is 7.19. The third-order valence-electron chi connectivity index (χ3n) is 2.85. The monoisotopic (exact) mass is 285 g/mol. The summed E-state index contributed by atoms with van der Waals surface area (Å²) in [4.78, 5) is 16.4. The zero-order valence-electron chi connectivity index (χ0n) is 12.3. The van der Waals surface area contributed by atoms with Gasteiger partial charge in [0.15, 0.2) is 5.75 Å². The van der Waals surface area contributed by atoms with E-state index in [1.165, 1.54) is 16.2 Å². The molecule has 0 aliphatic heterocycles. The maximum absolute atomic E-state index is 12.1. The Morgan fingerprint density at radius 2 is 2.00 bits per heavy atom. The van der Waals surface area contributed by atoms with Crippen molar-refractivity contribution in [3.63, 3.8) is 0 Å². The molecule has 0 bridgehead atoms. The molecule has 0 saturated carbocycles. The van der Waals surface area contributed by atoms with Crippen LogP contribution in [0, 0.1) is 0 Å². The molecule has 1 rings (SSSR count). The van der Waals surface area contributed by atoms with Crippen LogP contribution in [0.5, 0.6) is 5.75 Å². The van der Waals surface area contributed by atoms with Crippen molar-refractivity contribution in [2.45, 2.75) is 20.3 Å². The Hall–Kier alpha value is -1.43. The summed E-state index contributed by atoms with van der Waals surface area (Å²) in [6.45, 7) is 5.98. The maximum atomic E-state index is 12.1. The van der Waals surface area contributed by atoms with Gasteiger partial charge < -0.3 is 20.3 Å². The largest absolute Gasteiger partial charge is 0.492 e. The van der Waals surface area contributed by atoms with Crippen LogP contribution in [0.4, 0.5) is 10.7 Å². The lowest BCUT2D eigenvalue weighted by molar-refractivity contribution is 0.0833. The second-order valence-electron chi connectivity index (χ2n) is 4.46. The summed E-state index contributed by atoms with van der Waals surface area (Å²) >= 11 is 1.40. The van der Waals surface area contributed by atoms with E-state index in [0.717, 1.165) is 24.5 Å². The molecular weight excluding hydrogens is 262 g/mol. The first-order valence-corrected chi connectivity index (χ1v) is 7.22. The van der Waals surface area contributed by atoms with Gasteiger partial charge in [-0.3, -0.25) is 4.79 Å². The molecule has 0 fully saturated rings. The Kier molecular flexibility index (Phi) is 5.47. The van der Waals surface area contributed by atoms with E-state index in [-0.39, 0.29) is 5.91 Å². The van der Waals surface area contributed by atoms with Gasteiger partial charge in [-0.15, -0.1) is 11.3 Å². The Morgan fingerprint density at radius 1 is 1.37 bits per heavy atom. The Bertz CT molecular complexity index is 443. The smallest absolute Gasteiger partial charge is 0.265 e. The van der Waals surface area contributed by atoms with Crippen LogP contribution >= 0.6 is 11.3 Å². The molecule has 1 heterocycles. The number of thiophene rings is 1. The molecule has 1 aromatic heterocycles. The number of hydrogen-bond acceptors (Lipinski definition) is 5. The predicted octanol–water partition coefficient (Wildman–Crippen LogP) is 2.28. The lowest BCUT2D eigenvalue weighted by Crippen LogP contribution is -2.23. The normalized spacial score (nSPS) is 10.4. The number of nitrogens with zero attached hydrogens (tertiary/aromatic N) is 2. The number of carbonyl (C=O) groups excluding carboxylic acids is 1.